The van der Waals surface area contributed by atoms with Crippen molar-refractivity contribution in [3.63, 3.8) is 0 Å². The molecule has 0 saturated heterocycles. The van der Waals surface area contributed by atoms with E-state index in [0.29, 0.717) is 6.61 Å². The van der Waals surface area contributed by atoms with E-state index in [1.807, 2.05) is 20.8 Å². The van der Waals surface area contributed by atoms with Crippen LogP contribution >= 0.6 is 0 Å². The van der Waals surface area contributed by atoms with E-state index in [-0.39, 0.29) is 43.0 Å². The minimum absolute atomic E-state index is 0.00164. The summed E-state index contributed by atoms with van der Waals surface area (Å²) in [6.07, 6.45) is 0.100. The molecule has 0 spiro atoms. The smallest absolute Gasteiger partial charge is 0.306 e. The predicted octanol–water partition coefficient (Wildman–Crippen LogP) is 1.58. The molecule has 0 rings (SSSR count). The Morgan fingerprint density at radius 3 is 2.25 bits per heavy atom. The van der Waals surface area contributed by atoms with Gasteiger partial charge in [-0.3, -0.25) is 14.4 Å². The summed E-state index contributed by atoms with van der Waals surface area (Å²) in [4.78, 5) is 33.5. The Hall–Kier alpha value is -1.59. The molecule has 0 aromatic heterocycles. The molecule has 1 unspecified atom stereocenters. The van der Waals surface area contributed by atoms with Crippen molar-refractivity contribution in [3.8, 4) is 0 Å². The van der Waals surface area contributed by atoms with Crippen molar-refractivity contribution < 1.29 is 24.2 Å². The third kappa shape index (κ3) is 8.50. The van der Waals surface area contributed by atoms with Gasteiger partial charge in [-0.05, 0) is 18.3 Å². The maximum atomic E-state index is 11.6. The first-order chi connectivity index (χ1) is 9.16. The zero-order valence-electron chi connectivity index (χ0n) is 12.7. The number of carbonyl (C=O) groups excluding carboxylic acids is 2. The van der Waals surface area contributed by atoms with E-state index in [2.05, 4.69) is 5.32 Å². The molecule has 20 heavy (non-hydrogen) atoms. The number of aliphatic carboxylic acids is 1. The maximum absolute atomic E-state index is 11.6. The van der Waals surface area contributed by atoms with Gasteiger partial charge in [0.15, 0.2) is 0 Å². The molecule has 0 aliphatic heterocycles. The Labute approximate surface area is 119 Å². The molecule has 0 aliphatic rings. The van der Waals surface area contributed by atoms with Crippen molar-refractivity contribution in [2.45, 2.75) is 47.0 Å². The van der Waals surface area contributed by atoms with Gasteiger partial charge >= 0.3 is 11.9 Å². The lowest BCUT2D eigenvalue weighted by Gasteiger charge is -2.29. The summed E-state index contributed by atoms with van der Waals surface area (Å²) in [5.41, 5.74) is -0.215. The maximum Gasteiger partial charge on any atom is 0.306 e. The van der Waals surface area contributed by atoms with Gasteiger partial charge < -0.3 is 15.2 Å². The van der Waals surface area contributed by atoms with Gasteiger partial charge in [-0.25, -0.2) is 0 Å². The van der Waals surface area contributed by atoms with Crippen LogP contribution in [-0.2, 0) is 19.1 Å². The average Bonchev–Trinajstić information content (AvgIpc) is 2.30. The predicted molar refractivity (Wildman–Crippen MR) is 74.1 cm³/mol. The summed E-state index contributed by atoms with van der Waals surface area (Å²) in [7, 11) is 0. The van der Waals surface area contributed by atoms with Crippen LogP contribution in [0.5, 0.6) is 0 Å². The highest BCUT2D eigenvalue weighted by Gasteiger charge is 2.27. The van der Waals surface area contributed by atoms with Crippen molar-refractivity contribution in [1.29, 1.82) is 0 Å². The van der Waals surface area contributed by atoms with E-state index in [1.165, 1.54) is 0 Å². The monoisotopic (exact) mass is 287 g/mol. The van der Waals surface area contributed by atoms with Crippen LogP contribution < -0.4 is 5.32 Å². The third-order valence-electron chi connectivity index (χ3n) is 3.05. The molecule has 0 aromatic carbocycles. The van der Waals surface area contributed by atoms with Gasteiger partial charge in [-0.2, -0.15) is 0 Å². The zero-order chi connectivity index (χ0) is 15.8. The van der Waals surface area contributed by atoms with Gasteiger partial charge in [0.25, 0.3) is 0 Å². The largest absolute Gasteiger partial charge is 0.481 e. The van der Waals surface area contributed by atoms with Crippen molar-refractivity contribution >= 4 is 17.8 Å². The van der Waals surface area contributed by atoms with Crippen molar-refractivity contribution in [2.24, 2.45) is 11.3 Å². The number of esters is 1. The van der Waals surface area contributed by atoms with Crippen LogP contribution in [0.2, 0.25) is 0 Å². The molecule has 0 bridgehead atoms. The lowest BCUT2D eigenvalue weighted by molar-refractivity contribution is -0.144. The number of amides is 1. The van der Waals surface area contributed by atoms with Crippen LogP contribution in [0.3, 0.4) is 0 Å². The molecule has 1 amide bonds. The van der Waals surface area contributed by atoms with Gasteiger partial charge in [0.05, 0.1) is 19.4 Å². The molecule has 0 aliphatic carbocycles. The zero-order valence-corrected chi connectivity index (χ0v) is 12.7. The highest BCUT2D eigenvalue weighted by Crippen LogP contribution is 2.28. The first-order valence-electron chi connectivity index (χ1n) is 6.81. The second-order valence-electron chi connectivity index (χ2n) is 5.77. The van der Waals surface area contributed by atoms with Crippen molar-refractivity contribution in [2.75, 3.05) is 13.2 Å². The molecule has 0 radical (unpaired) electrons. The number of carbonyl (C=O) groups is 3. The molecular formula is C14H25NO5. The van der Waals surface area contributed by atoms with Gasteiger partial charge in [-0.1, -0.05) is 20.8 Å². The first kappa shape index (κ1) is 18.4. The number of ether oxygens (including phenoxy) is 1. The number of rotatable bonds is 8. The molecule has 2 N–H and O–H groups in total. The second kappa shape index (κ2) is 8.55. The SMILES string of the molecule is CCOC(=O)CCC(=O)NCC(CC(=O)O)C(C)(C)C. The van der Waals surface area contributed by atoms with Crippen molar-refractivity contribution in [1.82, 2.24) is 5.32 Å². The Morgan fingerprint density at radius 2 is 1.80 bits per heavy atom. The summed E-state index contributed by atoms with van der Waals surface area (Å²) >= 11 is 0. The van der Waals surface area contributed by atoms with Crippen LogP contribution in [0.25, 0.3) is 0 Å². The molecule has 1 atom stereocenters. The van der Waals surface area contributed by atoms with Crippen molar-refractivity contribution in [3.05, 3.63) is 0 Å². The molecule has 6 heteroatoms. The number of hydrogen-bond acceptors (Lipinski definition) is 4. The third-order valence-corrected chi connectivity index (χ3v) is 3.05. The fraction of sp³-hybridized carbons (Fsp3) is 0.786. The number of carboxylic acids is 1. The highest BCUT2D eigenvalue weighted by atomic mass is 16.5. The quantitative estimate of drug-likeness (QED) is 0.661. The van der Waals surface area contributed by atoms with E-state index in [4.69, 9.17) is 9.84 Å². The van der Waals surface area contributed by atoms with Gasteiger partial charge in [0.1, 0.15) is 0 Å². The Bertz CT molecular complexity index is 346. The van der Waals surface area contributed by atoms with Crippen LogP contribution in [0.15, 0.2) is 0 Å². The second-order valence-corrected chi connectivity index (χ2v) is 5.77. The fourth-order valence-electron chi connectivity index (χ4n) is 1.67. The summed E-state index contributed by atoms with van der Waals surface area (Å²) in [5.74, 6) is -1.71. The van der Waals surface area contributed by atoms with Crippen LogP contribution in [0.4, 0.5) is 0 Å². The van der Waals surface area contributed by atoms with Gasteiger partial charge in [0.2, 0.25) is 5.91 Å². The summed E-state index contributed by atoms with van der Waals surface area (Å²) in [6, 6.07) is 0. The van der Waals surface area contributed by atoms with E-state index >= 15 is 0 Å². The Kier molecular flexibility index (Phi) is 7.87. The van der Waals surface area contributed by atoms with E-state index < -0.39 is 11.9 Å². The summed E-state index contributed by atoms with van der Waals surface area (Å²) < 4.78 is 4.73. The lowest BCUT2D eigenvalue weighted by atomic mass is 9.78. The van der Waals surface area contributed by atoms with E-state index in [0.717, 1.165) is 0 Å². The van der Waals surface area contributed by atoms with Gasteiger partial charge in [-0.15, -0.1) is 0 Å². The highest BCUT2D eigenvalue weighted by molar-refractivity contribution is 5.81. The minimum Gasteiger partial charge on any atom is -0.481 e. The molecule has 0 fully saturated rings. The standard InChI is InChI=1S/C14H25NO5/c1-5-20-13(19)7-6-11(16)15-9-10(8-12(17)18)14(2,3)4/h10H,5-9H2,1-4H3,(H,15,16)(H,17,18). The normalized spacial score (nSPS) is 12.6. The minimum atomic E-state index is -0.884. The number of nitrogens with one attached hydrogen (secondary N) is 1. The fourth-order valence-corrected chi connectivity index (χ4v) is 1.67. The van der Waals surface area contributed by atoms with E-state index in [1.54, 1.807) is 6.92 Å². The van der Waals surface area contributed by atoms with Crippen LogP contribution in [0.1, 0.15) is 47.0 Å². The lowest BCUT2D eigenvalue weighted by Crippen LogP contribution is -2.36. The molecule has 116 valence electrons. The molecule has 6 nitrogen and oxygen atoms in total. The molecule has 0 heterocycles. The molecular weight excluding hydrogens is 262 g/mol. The number of hydrogen-bond donors (Lipinski definition) is 2. The number of carboxylic acid groups (broad SMARTS) is 1. The van der Waals surface area contributed by atoms with Crippen LogP contribution in [-0.4, -0.2) is 36.1 Å². The topological polar surface area (TPSA) is 92.7 Å². The Balaban J connectivity index is 4.18. The average molecular weight is 287 g/mol. The summed E-state index contributed by atoms with van der Waals surface area (Å²) in [6.45, 7) is 8.10. The van der Waals surface area contributed by atoms with E-state index in [9.17, 15) is 14.4 Å². The first-order valence-corrected chi connectivity index (χ1v) is 6.81. The Morgan fingerprint density at radius 1 is 1.20 bits per heavy atom. The molecule has 0 saturated carbocycles. The van der Waals surface area contributed by atoms with Crippen LogP contribution in [0, 0.1) is 11.3 Å². The molecule has 0 aromatic rings. The summed E-state index contributed by atoms with van der Waals surface area (Å²) in [5, 5.41) is 11.6. The van der Waals surface area contributed by atoms with Gasteiger partial charge in [0, 0.05) is 13.0 Å².